The SMILES string of the molecule is Cc1ccc(COc2c(Br)cc(C=CCC(C)N)cc2Br)cc1. The van der Waals surface area contributed by atoms with Crippen molar-refractivity contribution in [2.24, 2.45) is 5.73 Å². The Morgan fingerprint density at radius 3 is 2.30 bits per heavy atom. The van der Waals surface area contributed by atoms with E-state index in [0.29, 0.717) is 6.61 Å². The molecule has 23 heavy (non-hydrogen) atoms. The Morgan fingerprint density at radius 1 is 1.13 bits per heavy atom. The van der Waals surface area contributed by atoms with E-state index >= 15 is 0 Å². The third-order valence-corrected chi connectivity index (χ3v) is 4.52. The minimum absolute atomic E-state index is 0.176. The second-order valence-corrected chi connectivity index (χ2v) is 7.41. The first-order valence-electron chi connectivity index (χ1n) is 7.55. The fraction of sp³-hybridized carbons (Fsp3) is 0.263. The Labute approximate surface area is 155 Å². The zero-order valence-corrected chi connectivity index (χ0v) is 16.5. The monoisotopic (exact) mass is 437 g/mol. The van der Waals surface area contributed by atoms with Crippen LogP contribution in [0.25, 0.3) is 6.08 Å². The summed E-state index contributed by atoms with van der Waals surface area (Å²) in [7, 11) is 0. The summed E-state index contributed by atoms with van der Waals surface area (Å²) in [6.07, 6.45) is 5.02. The molecule has 1 atom stereocenters. The van der Waals surface area contributed by atoms with Crippen molar-refractivity contribution < 1.29 is 4.74 Å². The summed E-state index contributed by atoms with van der Waals surface area (Å²) in [6.45, 7) is 4.62. The minimum atomic E-state index is 0.176. The van der Waals surface area contributed by atoms with Gasteiger partial charge in [-0.2, -0.15) is 0 Å². The van der Waals surface area contributed by atoms with Crippen LogP contribution in [-0.2, 0) is 6.61 Å². The van der Waals surface area contributed by atoms with Gasteiger partial charge in [0.2, 0.25) is 0 Å². The van der Waals surface area contributed by atoms with Crippen molar-refractivity contribution in [3.63, 3.8) is 0 Å². The van der Waals surface area contributed by atoms with Crippen LogP contribution in [0.4, 0.5) is 0 Å². The van der Waals surface area contributed by atoms with Gasteiger partial charge in [-0.1, -0.05) is 42.0 Å². The molecule has 0 radical (unpaired) electrons. The quantitative estimate of drug-likeness (QED) is 0.613. The Balaban J connectivity index is 2.07. The van der Waals surface area contributed by atoms with Crippen LogP contribution in [0.2, 0.25) is 0 Å². The number of benzene rings is 2. The van der Waals surface area contributed by atoms with E-state index in [-0.39, 0.29) is 6.04 Å². The molecule has 0 amide bonds. The summed E-state index contributed by atoms with van der Waals surface area (Å²) < 4.78 is 7.81. The zero-order chi connectivity index (χ0) is 16.8. The molecule has 0 saturated carbocycles. The largest absolute Gasteiger partial charge is 0.487 e. The molecular weight excluding hydrogens is 418 g/mol. The minimum Gasteiger partial charge on any atom is -0.487 e. The number of rotatable bonds is 6. The maximum absolute atomic E-state index is 5.95. The topological polar surface area (TPSA) is 35.2 Å². The van der Waals surface area contributed by atoms with E-state index in [0.717, 1.165) is 32.2 Å². The molecule has 0 spiro atoms. The molecule has 2 N–H and O–H groups in total. The first kappa shape index (κ1) is 18.2. The van der Waals surface area contributed by atoms with E-state index in [1.807, 2.05) is 19.1 Å². The highest BCUT2D eigenvalue weighted by molar-refractivity contribution is 9.11. The summed E-state index contributed by atoms with van der Waals surface area (Å²) in [5.74, 6) is 0.815. The van der Waals surface area contributed by atoms with Crippen LogP contribution in [0, 0.1) is 6.92 Å². The van der Waals surface area contributed by atoms with Gasteiger partial charge in [-0.25, -0.2) is 0 Å². The molecule has 4 heteroatoms. The first-order valence-corrected chi connectivity index (χ1v) is 9.14. The van der Waals surface area contributed by atoms with E-state index in [9.17, 15) is 0 Å². The first-order chi connectivity index (χ1) is 11.0. The van der Waals surface area contributed by atoms with E-state index in [2.05, 4.69) is 75.2 Å². The van der Waals surface area contributed by atoms with Gasteiger partial charge in [0.05, 0.1) is 8.95 Å². The number of hydrogen-bond donors (Lipinski definition) is 1. The van der Waals surface area contributed by atoms with Crippen LogP contribution < -0.4 is 10.5 Å². The average Bonchev–Trinajstić information content (AvgIpc) is 2.48. The van der Waals surface area contributed by atoms with Crippen LogP contribution in [0.5, 0.6) is 5.75 Å². The molecule has 0 aliphatic heterocycles. The highest BCUT2D eigenvalue weighted by Gasteiger charge is 2.08. The number of nitrogens with two attached hydrogens (primary N) is 1. The van der Waals surface area contributed by atoms with Crippen molar-refractivity contribution in [2.45, 2.75) is 32.9 Å². The van der Waals surface area contributed by atoms with Gasteiger partial charge in [0, 0.05) is 6.04 Å². The second-order valence-electron chi connectivity index (χ2n) is 5.70. The number of ether oxygens (including phenoxy) is 1. The highest BCUT2D eigenvalue weighted by atomic mass is 79.9. The predicted molar refractivity (Wildman–Crippen MR) is 105 cm³/mol. The number of halogens is 2. The molecule has 0 aliphatic rings. The lowest BCUT2D eigenvalue weighted by Crippen LogP contribution is -2.12. The number of aryl methyl sites for hydroxylation is 1. The van der Waals surface area contributed by atoms with E-state index in [1.54, 1.807) is 0 Å². The summed E-state index contributed by atoms with van der Waals surface area (Å²) in [5.41, 5.74) is 9.26. The Hall–Kier alpha value is -1.10. The molecule has 1 unspecified atom stereocenters. The molecule has 2 rings (SSSR count). The summed E-state index contributed by atoms with van der Waals surface area (Å²) >= 11 is 7.18. The lowest BCUT2D eigenvalue weighted by molar-refractivity contribution is 0.302. The van der Waals surface area contributed by atoms with Crippen molar-refractivity contribution >= 4 is 37.9 Å². The van der Waals surface area contributed by atoms with Crippen molar-refractivity contribution in [2.75, 3.05) is 0 Å². The summed E-state index contributed by atoms with van der Waals surface area (Å²) in [5, 5.41) is 0. The molecule has 0 heterocycles. The number of hydrogen-bond acceptors (Lipinski definition) is 2. The molecular formula is C19H21Br2NO. The van der Waals surface area contributed by atoms with E-state index < -0.39 is 0 Å². The van der Waals surface area contributed by atoms with Crippen LogP contribution in [0.1, 0.15) is 30.0 Å². The molecule has 2 aromatic carbocycles. The van der Waals surface area contributed by atoms with Gasteiger partial charge in [0.15, 0.2) is 0 Å². The van der Waals surface area contributed by atoms with Crippen molar-refractivity contribution in [3.8, 4) is 5.75 Å². The predicted octanol–water partition coefficient (Wildman–Crippen LogP) is 5.85. The smallest absolute Gasteiger partial charge is 0.148 e. The van der Waals surface area contributed by atoms with Crippen molar-refractivity contribution in [3.05, 3.63) is 68.1 Å². The van der Waals surface area contributed by atoms with Crippen molar-refractivity contribution in [1.82, 2.24) is 0 Å². The van der Waals surface area contributed by atoms with Crippen LogP contribution in [-0.4, -0.2) is 6.04 Å². The third-order valence-electron chi connectivity index (χ3n) is 3.34. The van der Waals surface area contributed by atoms with E-state index in [4.69, 9.17) is 10.5 Å². The van der Waals surface area contributed by atoms with Gasteiger partial charge in [0.25, 0.3) is 0 Å². The average molecular weight is 439 g/mol. The van der Waals surface area contributed by atoms with Crippen LogP contribution >= 0.6 is 31.9 Å². The van der Waals surface area contributed by atoms with Crippen molar-refractivity contribution in [1.29, 1.82) is 0 Å². The molecule has 0 bridgehead atoms. The normalized spacial score (nSPS) is 12.6. The standard InChI is InChI=1S/C19H21Br2NO/c1-13-6-8-15(9-7-13)12-23-19-17(20)10-16(11-18(19)21)5-3-4-14(2)22/h3,5-11,14H,4,12,22H2,1-2H3. The third kappa shape index (κ3) is 5.79. The fourth-order valence-electron chi connectivity index (χ4n) is 2.07. The van der Waals surface area contributed by atoms with Gasteiger partial charge in [-0.3, -0.25) is 0 Å². The molecule has 0 aliphatic carbocycles. The lowest BCUT2D eigenvalue weighted by atomic mass is 10.1. The van der Waals surface area contributed by atoms with Crippen LogP contribution in [0.3, 0.4) is 0 Å². The second kappa shape index (κ2) is 8.67. The van der Waals surface area contributed by atoms with Gasteiger partial charge in [-0.05, 0) is 75.4 Å². The van der Waals surface area contributed by atoms with Gasteiger partial charge in [-0.15, -0.1) is 0 Å². The Morgan fingerprint density at radius 2 is 1.74 bits per heavy atom. The maximum atomic E-state index is 5.95. The molecule has 2 aromatic rings. The van der Waals surface area contributed by atoms with Gasteiger partial charge >= 0.3 is 0 Å². The molecule has 2 nitrogen and oxygen atoms in total. The molecule has 0 saturated heterocycles. The summed E-state index contributed by atoms with van der Waals surface area (Å²) in [4.78, 5) is 0. The molecule has 0 fully saturated rings. The highest BCUT2D eigenvalue weighted by Crippen LogP contribution is 2.35. The maximum Gasteiger partial charge on any atom is 0.148 e. The fourth-order valence-corrected chi connectivity index (χ4v) is 3.52. The zero-order valence-electron chi connectivity index (χ0n) is 13.4. The van der Waals surface area contributed by atoms with Gasteiger partial charge < -0.3 is 10.5 Å². The van der Waals surface area contributed by atoms with Crippen LogP contribution in [0.15, 0.2) is 51.4 Å². The summed E-state index contributed by atoms with van der Waals surface area (Å²) in [6, 6.07) is 12.6. The Kier molecular flexibility index (Phi) is 6.88. The Bertz CT molecular complexity index is 655. The van der Waals surface area contributed by atoms with E-state index in [1.165, 1.54) is 5.56 Å². The molecule has 0 aromatic heterocycles. The van der Waals surface area contributed by atoms with Gasteiger partial charge in [0.1, 0.15) is 12.4 Å². The lowest BCUT2D eigenvalue weighted by Gasteiger charge is -2.12. The molecule has 122 valence electrons.